The number of nitrogens with one attached hydrogen (secondary N) is 2. The van der Waals surface area contributed by atoms with Gasteiger partial charge in [-0.25, -0.2) is 4.79 Å². The van der Waals surface area contributed by atoms with Crippen molar-refractivity contribution in [1.29, 1.82) is 0 Å². The average molecular weight is 322 g/mol. The summed E-state index contributed by atoms with van der Waals surface area (Å²) in [6.45, 7) is 0.623. The Morgan fingerprint density at radius 1 is 1.21 bits per heavy atom. The first-order valence-corrected chi connectivity index (χ1v) is 7.74. The van der Waals surface area contributed by atoms with Gasteiger partial charge in [-0.3, -0.25) is 4.79 Å². The van der Waals surface area contributed by atoms with Gasteiger partial charge >= 0.3 is 6.09 Å². The van der Waals surface area contributed by atoms with Crippen molar-refractivity contribution < 1.29 is 14.3 Å². The number of carbonyl (C=O) groups is 2. The highest BCUT2D eigenvalue weighted by atomic mass is 16.5. The van der Waals surface area contributed by atoms with Gasteiger partial charge in [0.15, 0.2) is 0 Å². The molecule has 2 amide bonds. The molecule has 0 unspecified atom stereocenters. The van der Waals surface area contributed by atoms with E-state index in [1.165, 1.54) is 0 Å². The van der Waals surface area contributed by atoms with Crippen LogP contribution in [0.15, 0.2) is 54.6 Å². The first-order chi connectivity index (χ1) is 11.7. The summed E-state index contributed by atoms with van der Waals surface area (Å²) >= 11 is 0. The number of rotatable bonds is 5. The number of ether oxygens (including phenoxy) is 1. The number of fused-ring (bicyclic) bond motifs is 1. The van der Waals surface area contributed by atoms with E-state index in [-0.39, 0.29) is 12.5 Å². The second-order valence-corrected chi connectivity index (χ2v) is 5.49. The summed E-state index contributed by atoms with van der Waals surface area (Å²) < 4.78 is 5.12. The minimum absolute atomic E-state index is 0.0222. The number of benzene rings is 2. The molecule has 0 bridgehead atoms. The fraction of sp³-hybridized carbons (Fsp3) is 0.158. The molecule has 1 aliphatic heterocycles. The van der Waals surface area contributed by atoms with Gasteiger partial charge in [0.05, 0.1) is 6.42 Å². The second kappa shape index (κ2) is 7.46. The molecule has 0 saturated heterocycles. The molecule has 0 aromatic heterocycles. The maximum Gasteiger partial charge on any atom is 0.407 e. The molecule has 5 heteroatoms. The Morgan fingerprint density at radius 2 is 2.04 bits per heavy atom. The van der Waals surface area contributed by atoms with Crippen LogP contribution < -0.4 is 10.6 Å². The van der Waals surface area contributed by atoms with Gasteiger partial charge in [-0.2, -0.15) is 0 Å². The van der Waals surface area contributed by atoms with E-state index in [1.807, 2.05) is 60.7 Å². The van der Waals surface area contributed by atoms with Crippen molar-refractivity contribution in [2.75, 3.05) is 11.9 Å². The van der Waals surface area contributed by atoms with Gasteiger partial charge < -0.3 is 15.4 Å². The van der Waals surface area contributed by atoms with Crippen LogP contribution in [0.2, 0.25) is 0 Å². The molecule has 3 rings (SSSR count). The molecule has 2 N–H and O–H groups in total. The van der Waals surface area contributed by atoms with Crippen LogP contribution in [0.5, 0.6) is 0 Å². The lowest BCUT2D eigenvalue weighted by molar-refractivity contribution is -0.115. The van der Waals surface area contributed by atoms with Crippen LogP contribution in [0.25, 0.3) is 6.08 Å². The second-order valence-electron chi connectivity index (χ2n) is 5.49. The van der Waals surface area contributed by atoms with Crippen molar-refractivity contribution >= 4 is 23.8 Å². The Labute approximate surface area is 140 Å². The molecule has 1 aliphatic rings. The van der Waals surface area contributed by atoms with Gasteiger partial charge in [-0.05, 0) is 22.8 Å². The average Bonchev–Trinajstić information content (AvgIpc) is 2.97. The zero-order chi connectivity index (χ0) is 16.8. The summed E-state index contributed by atoms with van der Waals surface area (Å²) in [4.78, 5) is 22.9. The van der Waals surface area contributed by atoms with Crippen molar-refractivity contribution in [3.63, 3.8) is 0 Å². The molecule has 2 aromatic carbocycles. The zero-order valence-corrected chi connectivity index (χ0v) is 13.1. The predicted octanol–water partition coefficient (Wildman–Crippen LogP) is 3.12. The fourth-order valence-electron chi connectivity index (χ4n) is 2.45. The topological polar surface area (TPSA) is 67.4 Å². The summed E-state index contributed by atoms with van der Waals surface area (Å²) in [6, 6.07) is 15.3. The smallest absolute Gasteiger partial charge is 0.407 e. The molecule has 24 heavy (non-hydrogen) atoms. The molecular weight excluding hydrogens is 304 g/mol. The zero-order valence-electron chi connectivity index (χ0n) is 13.1. The molecule has 122 valence electrons. The van der Waals surface area contributed by atoms with Crippen LogP contribution in [0.1, 0.15) is 16.7 Å². The van der Waals surface area contributed by atoms with Gasteiger partial charge in [-0.15, -0.1) is 0 Å². The summed E-state index contributed by atoms with van der Waals surface area (Å²) in [5, 5.41) is 5.48. The van der Waals surface area contributed by atoms with Crippen LogP contribution in [-0.4, -0.2) is 18.5 Å². The highest BCUT2D eigenvalue weighted by molar-refractivity contribution is 5.99. The Balaban J connectivity index is 1.43. The van der Waals surface area contributed by atoms with Gasteiger partial charge in [0.2, 0.25) is 5.91 Å². The van der Waals surface area contributed by atoms with Crippen molar-refractivity contribution in [3.05, 3.63) is 71.3 Å². The van der Waals surface area contributed by atoms with Crippen LogP contribution >= 0.6 is 0 Å². The normalized spacial score (nSPS) is 12.8. The highest BCUT2D eigenvalue weighted by Crippen LogP contribution is 2.24. The van der Waals surface area contributed by atoms with Crippen molar-refractivity contribution in [1.82, 2.24) is 5.32 Å². The SMILES string of the molecule is O=C1Cc2ccc(C=CCNC(=O)OCc3ccccc3)cc2N1. The molecular formula is C19H18N2O3. The lowest BCUT2D eigenvalue weighted by atomic mass is 10.1. The first kappa shape index (κ1) is 15.8. The minimum Gasteiger partial charge on any atom is -0.445 e. The number of hydrogen-bond donors (Lipinski definition) is 2. The first-order valence-electron chi connectivity index (χ1n) is 7.74. The summed E-state index contributed by atoms with van der Waals surface area (Å²) in [5.41, 5.74) is 3.79. The Morgan fingerprint density at radius 3 is 2.88 bits per heavy atom. The van der Waals surface area contributed by atoms with E-state index in [4.69, 9.17) is 4.74 Å². The van der Waals surface area contributed by atoms with Crippen molar-refractivity contribution in [3.8, 4) is 0 Å². The molecule has 0 saturated carbocycles. The molecule has 0 atom stereocenters. The van der Waals surface area contributed by atoms with Gasteiger partial charge in [-0.1, -0.05) is 54.6 Å². The van der Waals surface area contributed by atoms with Crippen LogP contribution in [0, 0.1) is 0 Å². The predicted molar refractivity (Wildman–Crippen MR) is 92.4 cm³/mol. The fourth-order valence-corrected chi connectivity index (χ4v) is 2.45. The number of anilines is 1. The Hall–Kier alpha value is -3.08. The number of carbonyl (C=O) groups excluding carboxylic acids is 2. The Kier molecular flexibility index (Phi) is 4.91. The maximum atomic E-state index is 11.6. The van der Waals surface area contributed by atoms with Crippen molar-refractivity contribution in [2.24, 2.45) is 0 Å². The van der Waals surface area contributed by atoms with Crippen LogP contribution in [0.4, 0.5) is 10.5 Å². The molecule has 0 radical (unpaired) electrons. The molecule has 0 aliphatic carbocycles. The lowest BCUT2D eigenvalue weighted by Gasteiger charge is -2.05. The quantitative estimate of drug-likeness (QED) is 0.889. The largest absolute Gasteiger partial charge is 0.445 e. The summed E-state index contributed by atoms with van der Waals surface area (Å²) in [7, 11) is 0. The van der Waals surface area contributed by atoms with E-state index in [1.54, 1.807) is 0 Å². The molecule has 0 fully saturated rings. The highest BCUT2D eigenvalue weighted by Gasteiger charge is 2.16. The molecule has 5 nitrogen and oxygen atoms in total. The van der Waals surface area contributed by atoms with Gasteiger partial charge in [0.1, 0.15) is 6.61 Å². The number of hydrogen-bond acceptors (Lipinski definition) is 3. The van der Waals surface area contributed by atoms with Crippen LogP contribution in [0.3, 0.4) is 0 Å². The van der Waals surface area contributed by atoms with E-state index in [9.17, 15) is 9.59 Å². The summed E-state index contributed by atoms with van der Waals surface area (Å²) in [6.07, 6.45) is 3.71. The van der Waals surface area contributed by atoms with Gasteiger partial charge in [0, 0.05) is 12.2 Å². The molecule has 1 heterocycles. The van der Waals surface area contributed by atoms with Crippen molar-refractivity contribution in [2.45, 2.75) is 13.0 Å². The maximum absolute atomic E-state index is 11.6. The van der Waals surface area contributed by atoms with Gasteiger partial charge in [0.25, 0.3) is 0 Å². The third kappa shape index (κ3) is 4.23. The van der Waals surface area contributed by atoms with Crippen LogP contribution in [-0.2, 0) is 22.6 Å². The summed E-state index contributed by atoms with van der Waals surface area (Å²) in [5.74, 6) is 0.0222. The van der Waals surface area contributed by atoms with E-state index >= 15 is 0 Å². The third-order valence-corrected chi connectivity index (χ3v) is 3.65. The molecule has 0 spiro atoms. The lowest BCUT2D eigenvalue weighted by Crippen LogP contribution is -2.24. The minimum atomic E-state index is -0.454. The Bertz CT molecular complexity index is 769. The number of alkyl carbamates (subject to hydrolysis) is 1. The van der Waals surface area contributed by atoms with E-state index < -0.39 is 6.09 Å². The molecule has 2 aromatic rings. The van der Waals surface area contributed by atoms with E-state index in [0.29, 0.717) is 13.0 Å². The van der Waals surface area contributed by atoms with E-state index in [2.05, 4.69) is 10.6 Å². The monoisotopic (exact) mass is 322 g/mol. The third-order valence-electron chi connectivity index (χ3n) is 3.65. The number of amides is 2. The van der Waals surface area contributed by atoms with E-state index in [0.717, 1.165) is 22.4 Å². The standard InChI is InChI=1S/C19H18N2O3/c22-18-12-16-9-8-14(11-17(16)21-18)7-4-10-20-19(23)24-13-15-5-2-1-3-6-15/h1-9,11H,10,12-13H2,(H,20,23)(H,21,22).